The van der Waals surface area contributed by atoms with E-state index in [1.807, 2.05) is 18.2 Å². The van der Waals surface area contributed by atoms with Crippen LogP contribution in [0.15, 0.2) is 30.3 Å². The Bertz CT molecular complexity index is 277. The van der Waals surface area contributed by atoms with Gasteiger partial charge < -0.3 is 24.4 Å². The Morgan fingerprint density at radius 2 is 1.71 bits per heavy atom. The van der Waals surface area contributed by atoms with Crippen molar-refractivity contribution in [3.05, 3.63) is 30.3 Å². The molecular formula is C12H18O5. The van der Waals surface area contributed by atoms with E-state index < -0.39 is 6.29 Å². The molecule has 0 saturated heterocycles. The van der Waals surface area contributed by atoms with E-state index in [-0.39, 0.29) is 13.2 Å². The van der Waals surface area contributed by atoms with Crippen LogP contribution >= 0.6 is 0 Å². The Morgan fingerprint density at radius 3 is 2.41 bits per heavy atom. The molecule has 5 heteroatoms. The molecule has 0 aliphatic rings. The average molecular weight is 242 g/mol. The number of benzene rings is 1. The van der Waals surface area contributed by atoms with Crippen molar-refractivity contribution in [1.82, 2.24) is 0 Å². The van der Waals surface area contributed by atoms with Crippen LogP contribution in [0.4, 0.5) is 0 Å². The second-order valence-corrected chi connectivity index (χ2v) is 3.30. The average Bonchev–Trinajstić information content (AvgIpc) is 2.35. The van der Waals surface area contributed by atoms with Gasteiger partial charge >= 0.3 is 0 Å². The van der Waals surface area contributed by atoms with Crippen LogP contribution in [-0.4, -0.2) is 49.5 Å². The van der Waals surface area contributed by atoms with Crippen LogP contribution in [0.25, 0.3) is 0 Å². The van der Waals surface area contributed by atoms with E-state index in [9.17, 15) is 5.11 Å². The molecule has 0 aliphatic carbocycles. The van der Waals surface area contributed by atoms with Gasteiger partial charge in [0.1, 0.15) is 12.4 Å². The molecule has 0 fully saturated rings. The smallest absolute Gasteiger partial charge is 0.221 e. The standard InChI is InChI=1S/C12H18O5/c13-6-7-15-8-9-16-10-12(14)17-11-4-2-1-3-5-11/h1-5,12-14H,6-10H2. The predicted molar refractivity (Wildman–Crippen MR) is 61.8 cm³/mol. The number of hydrogen-bond acceptors (Lipinski definition) is 5. The highest BCUT2D eigenvalue weighted by Crippen LogP contribution is 2.09. The summed E-state index contributed by atoms with van der Waals surface area (Å²) in [5.41, 5.74) is 0. The largest absolute Gasteiger partial charge is 0.463 e. The lowest BCUT2D eigenvalue weighted by atomic mass is 10.3. The van der Waals surface area contributed by atoms with Crippen LogP contribution in [-0.2, 0) is 9.47 Å². The molecule has 0 bridgehead atoms. The van der Waals surface area contributed by atoms with Crippen molar-refractivity contribution < 1.29 is 24.4 Å². The fourth-order valence-corrected chi connectivity index (χ4v) is 1.16. The van der Waals surface area contributed by atoms with Crippen molar-refractivity contribution in [3.8, 4) is 5.75 Å². The highest BCUT2D eigenvalue weighted by atomic mass is 16.6. The molecular weight excluding hydrogens is 224 g/mol. The minimum Gasteiger partial charge on any atom is -0.463 e. The maximum Gasteiger partial charge on any atom is 0.221 e. The van der Waals surface area contributed by atoms with Crippen molar-refractivity contribution in [2.45, 2.75) is 6.29 Å². The lowest BCUT2D eigenvalue weighted by Gasteiger charge is -2.13. The third-order valence-corrected chi connectivity index (χ3v) is 1.88. The fraction of sp³-hybridized carbons (Fsp3) is 0.500. The molecule has 1 unspecified atom stereocenters. The van der Waals surface area contributed by atoms with Gasteiger partial charge in [-0.2, -0.15) is 0 Å². The Morgan fingerprint density at radius 1 is 1.00 bits per heavy atom. The van der Waals surface area contributed by atoms with Crippen LogP contribution in [0.1, 0.15) is 0 Å². The molecule has 0 heterocycles. The van der Waals surface area contributed by atoms with E-state index in [0.717, 1.165) is 0 Å². The van der Waals surface area contributed by atoms with Gasteiger partial charge in [0.2, 0.25) is 6.29 Å². The van der Waals surface area contributed by atoms with Crippen molar-refractivity contribution in [1.29, 1.82) is 0 Å². The summed E-state index contributed by atoms with van der Waals surface area (Å²) in [7, 11) is 0. The Balaban J connectivity index is 2.03. The van der Waals surface area contributed by atoms with E-state index >= 15 is 0 Å². The predicted octanol–water partition coefficient (Wildman–Crippen LogP) is 0.409. The number of aliphatic hydroxyl groups is 2. The molecule has 0 saturated carbocycles. The summed E-state index contributed by atoms with van der Waals surface area (Å²) < 4.78 is 15.3. The SMILES string of the molecule is OCCOCCOCC(O)Oc1ccccc1. The first kappa shape index (κ1) is 13.9. The molecule has 0 aromatic heterocycles. The number of hydrogen-bond donors (Lipinski definition) is 2. The molecule has 17 heavy (non-hydrogen) atoms. The molecule has 0 radical (unpaired) electrons. The van der Waals surface area contributed by atoms with Gasteiger partial charge in [-0.25, -0.2) is 0 Å². The van der Waals surface area contributed by atoms with Crippen molar-refractivity contribution in [3.63, 3.8) is 0 Å². The summed E-state index contributed by atoms with van der Waals surface area (Å²) in [6.07, 6.45) is -0.991. The lowest BCUT2D eigenvalue weighted by Crippen LogP contribution is -2.23. The number of ether oxygens (including phenoxy) is 3. The van der Waals surface area contributed by atoms with E-state index in [4.69, 9.17) is 19.3 Å². The van der Waals surface area contributed by atoms with Crippen LogP contribution in [0.2, 0.25) is 0 Å². The second-order valence-electron chi connectivity index (χ2n) is 3.30. The van der Waals surface area contributed by atoms with Crippen LogP contribution < -0.4 is 4.74 Å². The van der Waals surface area contributed by atoms with Crippen LogP contribution in [0.5, 0.6) is 5.75 Å². The van der Waals surface area contributed by atoms with Gasteiger partial charge in [0.15, 0.2) is 0 Å². The molecule has 0 spiro atoms. The zero-order valence-corrected chi connectivity index (χ0v) is 9.62. The monoisotopic (exact) mass is 242 g/mol. The number of rotatable bonds is 9. The topological polar surface area (TPSA) is 68.2 Å². The number of aliphatic hydroxyl groups excluding tert-OH is 2. The third kappa shape index (κ3) is 6.91. The van der Waals surface area contributed by atoms with E-state index in [1.165, 1.54) is 0 Å². The first-order chi connectivity index (χ1) is 8.33. The summed E-state index contributed by atoms with van der Waals surface area (Å²) >= 11 is 0. The molecule has 1 aromatic rings. The maximum atomic E-state index is 9.48. The quantitative estimate of drug-likeness (QED) is 0.485. The minimum absolute atomic E-state index is 0.000255. The first-order valence-electron chi connectivity index (χ1n) is 5.49. The summed E-state index contributed by atoms with van der Waals surface area (Å²) in [4.78, 5) is 0. The van der Waals surface area contributed by atoms with Crippen molar-refractivity contribution in [2.75, 3.05) is 33.0 Å². The Labute approximate surface area is 101 Å². The van der Waals surface area contributed by atoms with E-state index in [2.05, 4.69) is 0 Å². The third-order valence-electron chi connectivity index (χ3n) is 1.88. The zero-order chi connectivity index (χ0) is 12.3. The molecule has 0 aliphatic heterocycles. The van der Waals surface area contributed by atoms with Gasteiger partial charge in [0.25, 0.3) is 0 Å². The molecule has 0 amide bonds. The molecule has 5 nitrogen and oxygen atoms in total. The van der Waals surface area contributed by atoms with Crippen LogP contribution in [0, 0.1) is 0 Å². The zero-order valence-electron chi connectivity index (χ0n) is 9.62. The summed E-state index contributed by atoms with van der Waals surface area (Å²) in [6, 6.07) is 9.03. The number of para-hydroxylation sites is 1. The van der Waals surface area contributed by atoms with Crippen molar-refractivity contribution >= 4 is 0 Å². The van der Waals surface area contributed by atoms with Gasteiger partial charge in [0.05, 0.1) is 26.4 Å². The fourth-order valence-electron chi connectivity index (χ4n) is 1.16. The van der Waals surface area contributed by atoms with Gasteiger partial charge in [-0.05, 0) is 12.1 Å². The van der Waals surface area contributed by atoms with Gasteiger partial charge in [0, 0.05) is 0 Å². The van der Waals surface area contributed by atoms with Gasteiger partial charge in [-0.1, -0.05) is 18.2 Å². The molecule has 96 valence electrons. The molecule has 1 rings (SSSR count). The minimum atomic E-state index is -0.991. The Hall–Kier alpha value is -1.14. The summed E-state index contributed by atoms with van der Waals surface area (Å²) in [5.74, 6) is 0.597. The summed E-state index contributed by atoms with van der Waals surface area (Å²) in [5, 5.41) is 17.9. The van der Waals surface area contributed by atoms with Gasteiger partial charge in [-0.15, -0.1) is 0 Å². The lowest BCUT2D eigenvalue weighted by molar-refractivity contribution is -0.0850. The van der Waals surface area contributed by atoms with Gasteiger partial charge in [-0.3, -0.25) is 0 Å². The highest BCUT2D eigenvalue weighted by molar-refractivity contribution is 5.20. The van der Waals surface area contributed by atoms with E-state index in [1.54, 1.807) is 12.1 Å². The highest BCUT2D eigenvalue weighted by Gasteiger charge is 2.05. The first-order valence-corrected chi connectivity index (χ1v) is 5.49. The Kier molecular flexibility index (Phi) is 7.33. The normalized spacial score (nSPS) is 12.4. The molecule has 1 atom stereocenters. The maximum absolute atomic E-state index is 9.48. The molecule has 2 N–H and O–H groups in total. The second kappa shape index (κ2) is 8.95. The molecule has 1 aromatic carbocycles. The van der Waals surface area contributed by atoms with Crippen LogP contribution in [0.3, 0.4) is 0 Å². The van der Waals surface area contributed by atoms with E-state index in [0.29, 0.717) is 25.6 Å². The summed E-state index contributed by atoms with van der Waals surface area (Å²) in [6.45, 7) is 1.12. The van der Waals surface area contributed by atoms with Crippen molar-refractivity contribution in [2.24, 2.45) is 0 Å².